The van der Waals surface area contributed by atoms with Crippen molar-refractivity contribution in [2.45, 2.75) is 16.0 Å². The van der Waals surface area contributed by atoms with Gasteiger partial charge in [-0.15, -0.1) is 11.8 Å². The number of amides is 1. The predicted molar refractivity (Wildman–Crippen MR) is 114 cm³/mol. The maximum Gasteiger partial charge on any atom is 0.398 e. The van der Waals surface area contributed by atoms with Crippen molar-refractivity contribution in [3.8, 4) is 0 Å². The van der Waals surface area contributed by atoms with E-state index in [9.17, 15) is 26.4 Å². The van der Waals surface area contributed by atoms with E-state index in [1.54, 1.807) is 12.1 Å². The molecule has 0 bridgehead atoms. The zero-order chi connectivity index (χ0) is 22.6. The molecule has 0 atom stereocenters. The molecule has 1 fully saturated rings. The number of hydrogen-bond acceptors (Lipinski definition) is 5. The van der Waals surface area contributed by atoms with Gasteiger partial charge in [-0.1, -0.05) is 18.2 Å². The monoisotopic (exact) mass is 473 g/mol. The fourth-order valence-electron chi connectivity index (χ4n) is 3.03. The number of halogens is 3. The van der Waals surface area contributed by atoms with Gasteiger partial charge < -0.3 is 10.2 Å². The molecule has 6 nitrogen and oxygen atoms in total. The Morgan fingerprint density at radius 2 is 1.74 bits per heavy atom. The minimum atomic E-state index is -4.34. The van der Waals surface area contributed by atoms with Crippen LogP contribution in [0.1, 0.15) is 10.4 Å². The summed E-state index contributed by atoms with van der Waals surface area (Å²) in [7, 11) is -1.83. The van der Waals surface area contributed by atoms with Crippen LogP contribution in [0.25, 0.3) is 0 Å². The number of benzene rings is 2. The molecule has 1 N–H and O–H groups in total. The number of likely N-dealkylation sites (N-methyl/N-ethyl adjacent to an activating group) is 1. The average molecular weight is 474 g/mol. The van der Waals surface area contributed by atoms with Crippen LogP contribution in [0.4, 0.5) is 18.9 Å². The van der Waals surface area contributed by atoms with Gasteiger partial charge in [0, 0.05) is 36.6 Å². The molecule has 2 aromatic rings. The third-order valence-electron chi connectivity index (χ3n) is 4.72. The van der Waals surface area contributed by atoms with E-state index in [1.165, 1.54) is 40.7 Å². The number of alkyl halides is 3. The molecule has 0 saturated carbocycles. The Morgan fingerprint density at radius 3 is 2.42 bits per heavy atom. The minimum Gasteiger partial charge on any atom is -0.321 e. The van der Waals surface area contributed by atoms with Crippen LogP contribution in [-0.4, -0.2) is 68.7 Å². The first-order valence-corrected chi connectivity index (χ1v) is 11.9. The van der Waals surface area contributed by atoms with E-state index in [4.69, 9.17) is 0 Å². The lowest BCUT2D eigenvalue weighted by Crippen LogP contribution is -2.47. The molecule has 0 aliphatic carbocycles. The summed E-state index contributed by atoms with van der Waals surface area (Å²) >= 11 is 0.571. The zero-order valence-electron chi connectivity index (χ0n) is 16.7. The summed E-state index contributed by atoms with van der Waals surface area (Å²) in [5, 5.41) is 2.58. The van der Waals surface area contributed by atoms with E-state index in [0.29, 0.717) is 37.9 Å². The number of piperazine rings is 1. The smallest absolute Gasteiger partial charge is 0.321 e. The first-order chi connectivity index (χ1) is 14.6. The van der Waals surface area contributed by atoms with Crippen LogP contribution in [0, 0.1) is 0 Å². The molecule has 0 unspecified atom stereocenters. The predicted octanol–water partition coefficient (Wildman–Crippen LogP) is 3.53. The van der Waals surface area contributed by atoms with Crippen LogP contribution in [-0.2, 0) is 10.0 Å². The van der Waals surface area contributed by atoms with Gasteiger partial charge in [-0.2, -0.15) is 17.5 Å². The molecule has 31 heavy (non-hydrogen) atoms. The Morgan fingerprint density at radius 1 is 1.06 bits per heavy atom. The van der Waals surface area contributed by atoms with Gasteiger partial charge in [0.2, 0.25) is 10.0 Å². The molecule has 168 valence electrons. The highest BCUT2D eigenvalue weighted by molar-refractivity contribution is 7.99. The SMILES string of the molecule is CN1CCN(S(=O)(=O)c2cccc(C(=O)Nc3ccccc3SCC(F)(F)F)c2)CC1. The fraction of sp³-hybridized carbons (Fsp3) is 0.350. The van der Waals surface area contributed by atoms with Crippen molar-refractivity contribution in [1.29, 1.82) is 0 Å². The van der Waals surface area contributed by atoms with Gasteiger partial charge >= 0.3 is 6.18 Å². The summed E-state index contributed by atoms with van der Waals surface area (Å²) in [6.07, 6.45) is -4.34. The summed E-state index contributed by atoms with van der Waals surface area (Å²) in [6.45, 7) is 1.95. The number of nitrogens with zero attached hydrogens (tertiary/aromatic N) is 2. The number of para-hydroxylation sites is 1. The number of hydrogen-bond donors (Lipinski definition) is 1. The largest absolute Gasteiger partial charge is 0.398 e. The van der Waals surface area contributed by atoms with Gasteiger partial charge in [0.1, 0.15) is 0 Å². The fourth-order valence-corrected chi connectivity index (χ4v) is 5.26. The molecule has 1 aliphatic heterocycles. The molecule has 2 aromatic carbocycles. The maximum absolute atomic E-state index is 12.9. The number of anilines is 1. The normalized spacial score (nSPS) is 16.3. The van der Waals surface area contributed by atoms with Crippen LogP contribution in [0.15, 0.2) is 58.3 Å². The van der Waals surface area contributed by atoms with Gasteiger partial charge in [-0.3, -0.25) is 4.79 Å². The number of sulfonamides is 1. The van der Waals surface area contributed by atoms with Crippen LogP contribution < -0.4 is 5.32 Å². The lowest BCUT2D eigenvalue weighted by Gasteiger charge is -2.31. The highest BCUT2D eigenvalue weighted by atomic mass is 32.2. The van der Waals surface area contributed by atoms with Crippen LogP contribution in [0.2, 0.25) is 0 Å². The summed E-state index contributed by atoms with van der Waals surface area (Å²) in [4.78, 5) is 15.0. The first kappa shape index (κ1) is 23.6. The molecule has 1 saturated heterocycles. The highest BCUT2D eigenvalue weighted by Crippen LogP contribution is 2.32. The minimum absolute atomic E-state index is 0.00411. The summed E-state index contributed by atoms with van der Waals surface area (Å²) < 4.78 is 64.9. The summed E-state index contributed by atoms with van der Waals surface area (Å²) in [5.41, 5.74) is 0.333. The van der Waals surface area contributed by atoms with Crippen molar-refractivity contribution >= 4 is 33.4 Å². The maximum atomic E-state index is 12.9. The van der Waals surface area contributed by atoms with Crippen LogP contribution >= 0.6 is 11.8 Å². The Labute approximate surface area is 183 Å². The zero-order valence-corrected chi connectivity index (χ0v) is 18.4. The van der Waals surface area contributed by atoms with Gasteiger partial charge in [-0.25, -0.2) is 8.42 Å². The van der Waals surface area contributed by atoms with E-state index in [2.05, 4.69) is 5.32 Å². The molecule has 1 amide bonds. The van der Waals surface area contributed by atoms with Crippen molar-refractivity contribution in [1.82, 2.24) is 9.21 Å². The molecule has 0 radical (unpaired) electrons. The van der Waals surface area contributed by atoms with Crippen LogP contribution in [0.3, 0.4) is 0 Å². The summed E-state index contributed by atoms with van der Waals surface area (Å²) in [5.74, 6) is -1.69. The number of thioether (sulfide) groups is 1. The Hall–Kier alpha value is -2.08. The van der Waals surface area contributed by atoms with E-state index < -0.39 is 27.9 Å². The van der Waals surface area contributed by atoms with E-state index in [1.807, 2.05) is 11.9 Å². The lowest BCUT2D eigenvalue weighted by atomic mass is 10.2. The number of carbonyl (C=O) groups excluding carboxylic acids is 1. The molecular weight excluding hydrogens is 451 g/mol. The van der Waals surface area contributed by atoms with Gasteiger partial charge in [-0.05, 0) is 37.4 Å². The second-order valence-corrected chi connectivity index (χ2v) is 10.0. The number of rotatable bonds is 6. The van der Waals surface area contributed by atoms with Gasteiger partial charge in [0.15, 0.2) is 0 Å². The number of nitrogens with one attached hydrogen (secondary N) is 1. The van der Waals surface area contributed by atoms with E-state index in [0.717, 1.165) is 0 Å². The third-order valence-corrected chi connectivity index (χ3v) is 7.76. The van der Waals surface area contributed by atoms with Crippen molar-refractivity contribution in [2.75, 3.05) is 44.3 Å². The van der Waals surface area contributed by atoms with Crippen LogP contribution in [0.5, 0.6) is 0 Å². The quantitative estimate of drug-likeness (QED) is 0.650. The summed E-state index contributed by atoms with van der Waals surface area (Å²) in [6, 6.07) is 11.8. The topological polar surface area (TPSA) is 69.7 Å². The standard InChI is InChI=1S/C20H22F3N3O3S2/c1-25-9-11-26(12-10-25)31(28,29)16-6-4-5-15(13-16)19(27)24-17-7-2-3-8-18(17)30-14-20(21,22)23/h2-8,13H,9-12,14H2,1H3,(H,24,27). The molecule has 3 rings (SSSR count). The van der Waals surface area contributed by atoms with Crippen molar-refractivity contribution in [2.24, 2.45) is 0 Å². The molecule has 1 heterocycles. The van der Waals surface area contributed by atoms with Gasteiger partial charge in [0.05, 0.1) is 16.3 Å². The molecule has 11 heteroatoms. The molecule has 0 spiro atoms. The Kier molecular flexibility index (Phi) is 7.30. The first-order valence-electron chi connectivity index (χ1n) is 9.45. The van der Waals surface area contributed by atoms with Crippen molar-refractivity contribution < 1.29 is 26.4 Å². The Bertz CT molecular complexity index is 1040. The molecule has 1 aliphatic rings. The average Bonchev–Trinajstić information content (AvgIpc) is 2.73. The van der Waals surface area contributed by atoms with E-state index >= 15 is 0 Å². The second-order valence-electron chi connectivity index (χ2n) is 7.09. The van der Waals surface area contributed by atoms with Gasteiger partial charge in [0.25, 0.3) is 5.91 Å². The van der Waals surface area contributed by atoms with Crippen molar-refractivity contribution in [3.63, 3.8) is 0 Å². The Balaban J connectivity index is 1.77. The van der Waals surface area contributed by atoms with Crippen molar-refractivity contribution in [3.05, 3.63) is 54.1 Å². The number of carbonyl (C=O) groups is 1. The van der Waals surface area contributed by atoms with E-state index in [-0.39, 0.29) is 21.0 Å². The molecular formula is C20H22F3N3O3S2. The lowest BCUT2D eigenvalue weighted by molar-refractivity contribution is -0.105. The highest BCUT2D eigenvalue weighted by Gasteiger charge is 2.29. The second kappa shape index (κ2) is 9.60. The molecule has 0 aromatic heterocycles. The third kappa shape index (κ3) is 6.22.